The third-order valence-corrected chi connectivity index (χ3v) is 4.37. The Kier molecular flexibility index (Phi) is 5.17. The maximum atomic E-state index is 12.4. The largest absolute Gasteiger partial charge is 0.394 e. The molecule has 1 amide bonds. The molecule has 1 aromatic rings. The lowest BCUT2D eigenvalue weighted by Crippen LogP contribution is -2.42. The van der Waals surface area contributed by atoms with E-state index in [9.17, 15) is 9.90 Å². The lowest BCUT2D eigenvalue weighted by Gasteiger charge is -2.21. The standard InChI is InChI=1S/C15H25N3O2/c1-3-10(2)13(9-19)16-15(20)14-11-7-5-4-6-8-12(11)17-18-14/h10,13,19H,3-9H2,1-2H3,(H,16,20)(H,17,18)/t10-,13-/m1/s1. The van der Waals surface area contributed by atoms with Crippen molar-refractivity contribution >= 4 is 5.91 Å². The van der Waals surface area contributed by atoms with Gasteiger partial charge < -0.3 is 10.4 Å². The number of aliphatic hydroxyl groups is 1. The molecule has 2 rings (SSSR count). The predicted molar refractivity (Wildman–Crippen MR) is 77.6 cm³/mol. The van der Waals surface area contributed by atoms with Gasteiger partial charge in [-0.25, -0.2) is 0 Å². The van der Waals surface area contributed by atoms with Gasteiger partial charge in [-0.1, -0.05) is 26.7 Å². The number of H-pyrrole nitrogens is 1. The van der Waals surface area contributed by atoms with Gasteiger partial charge in [0.05, 0.1) is 12.6 Å². The molecule has 1 heterocycles. The normalized spacial score (nSPS) is 17.9. The maximum Gasteiger partial charge on any atom is 0.272 e. The van der Waals surface area contributed by atoms with Crippen LogP contribution in [0.5, 0.6) is 0 Å². The monoisotopic (exact) mass is 279 g/mol. The van der Waals surface area contributed by atoms with Gasteiger partial charge in [-0.2, -0.15) is 5.10 Å². The Balaban J connectivity index is 2.11. The van der Waals surface area contributed by atoms with E-state index >= 15 is 0 Å². The predicted octanol–water partition coefficient (Wildman–Crippen LogP) is 1.82. The Labute approximate surface area is 120 Å². The van der Waals surface area contributed by atoms with Gasteiger partial charge in [-0.05, 0) is 31.6 Å². The number of aryl methyl sites for hydroxylation is 1. The highest BCUT2D eigenvalue weighted by Crippen LogP contribution is 2.21. The van der Waals surface area contributed by atoms with Crippen LogP contribution in [0.1, 0.15) is 61.3 Å². The Morgan fingerprint density at radius 1 is 1.40 bits per heavy atom. The summed E-state index contributed by atoms with van der Waals surface area (Å²) in [5.74, 6) is 0.0882. The molecule has 1 aliphatic carbocycles. The van der Waals surface area contributed by atoms with Crippen LogP contribution in [0.15, 0.2) is 0 Å². The van der Waals surface area contributed by atoms with Crippen LogP contribution in [-0.2, 0) is 12.8 Å². The van der Waals surface area contributed by atoms with Crippen LogP contribution in [-0.4, -0.2) is 33.9 Å². The molecule has 5 nitrogen and oxygen atoms in total. The van der Waals surface area contributed by atoms with Crippen molar-refractivity contribution in [3.63, 3.8) is 0 Å². The van der Waals surface area contributed by atoms with Crippen molar-refractivity contribution in [3.05, 3.63) is 17.0 Å². The number of carbonyl (C=O) groups is 1. The molecule has 0 fully saturated rings. The zero-order chi connectivity index (χ0) is 14.5. The number of rotatable bonds is 5. The van der Waals surface area contributed by atoms with E-state index in [2.05, 4.69) is 22.4 Å². The van der Waals surface area contributed by atoms with E-state index in [1.807, 2.05) is 6.92 Å². The molecule has 2 atom stereocenters. The number of fused-ring (bicyclic) bond motifs is 1. The van der Waals surface area contributed by atoms with Gasteiger partial charge in [0.15, 0.2) is 5.69 Å². The molecule has 0 aromatic carbocycles. The Morgan fingerprint density at radius 2 is 2.15 bits per heavy atom. The van der Waals surface area contributed by atoms with Gasteiger partial charge in [0.1, 0.15) is 0 Å². The molecule has 0 spiro atoms. The van der Waals surface area contributed by atoms with Gasteiger partial charge in [0, 0.05) is 11.3 Å². The van der Waals surface area contributed by atoms with Crippen molar-refractivity contribution in [1.29, 1.82) is 0 Å². The highest BCUT2D eigenvalue weighted by atomic mass is 16.3. The first-order chi connectivity index (χ1) is 9.67. The van der Waals surface area contributed by atoms with Gasteiger partial charge in [0.2, 0.25) is 0 Å². The number of carbonyl (C=O) groups excluding carboxylic acids is 1. The Hall–Kier alpha value is -1.36. The van der Waals surface area contributed by atoms with Gasteiger partial charge in [-0.15, -0.1) is 0 Å². The minimum Gasteiger partial charge on any atom is -0.394 e. The molecule has 0 unspecified atom stereocenters. The molecule has 0 saturated heterocycles. The molecule has 0 radical (unpaired) electrons. The van der Waals surface area contributed by atoms with Crippen LogP contribution in [0.4, 0.5) is 0 Å². The van der Waals surface area contributed by atoms with Crippen molar-refractivity contribution in [3.8, 4) is 0 Å². The summed E-state index contributed by atoms with van der Waals surface area (Å²) in [6, 6.07) is -0.203. The van der Waals surface area contributed by atoms with Gasteiger partial charge >= 0.3 is 0 Å². The molecule has 0 aliphatic heterocycles. The maximum absolute atomic E-state index is 12.4. The summed E-state index contributed by atoms with van der Waals surface area (Å²) in [6.45, 7) is 4.06. The minimum absolute atomic E-state index is 0.0344. The molecule has 5 heteroatoms. The molecular weight excluding hydrogens is 254 g/mol. The Morgan fingerprint density at radius 3 is 2.85 bits per heavy atom. The van der Waals surface area contributed by atoms with Gasteiger partial charge in [0.25, 0.3) is 5.91 Å². The first kappa shape index (κ1) is 15.0. The van der Waals surface area contributed by atoms with Crippen LogP contribution < -0.4 is 5.32 Å². The number of aromatic nitrogens is 2. The smallest absolute Gasteiger partial charge is 0.272 e. The quantitative estimate of drug-likeness (QED) is 0.719. The minimum atomic E-state index is -0.203. The van der Waals surface area contributed by atoms with Gasteiger partial charge in [-0.3, -0.25) is 9.89 Å². The summed E-state index contributed by atoms with van der Waals surface area (Å²) in [5.41, 5.74) is 2.70. The zero-order valence-electron chi connectivity index (χ0n) is 12.4. The second-order valence-electron chi connectivity index (χ2n) is 5.74. The fraction of sp³-hybridized carbons (Fsp3) is 0.733. The van der Waals surface area contributed by atoms with E-state index in [-0.39, 0.29) is 24.5 Å². The molecule has 1 aromatic heterocycles. The summed E-state index contributed by atoms with van der Waals surface area (Å²) in [4.78, 5) is 12.4. The van der Waals surface area contributed by atoms with Crippen LogP contribution in [0.2, 0.25) is 0 Å². The topological polar surface area (TPSA) is 78.0 Å². The number of aromatic amines is 1. The fourth-order valence-electron chi connectivity index (χ4n) is 2.73. The molecule has 0 saturated carbocycles. The number of amides is 1. The molecule has 0 bridgehead atoms. The highest BCUT2D eigenvalue weighted by Gasteiger charge is 2.24. The summed E-state index contributed by atoms with van der Waals surface area (Å²) >= 11 is 0. The molecule has 20 heavy (non-hydrogen) atoms. The molecular formula is C15H25N3O2. The lowest BCUT2D eigenvalue weighted by atomic mass is 9.99. The third-order valence-electron chi connectivity index (χ3n) is 4.37. The summed E-state index contributed by atoms with van der Waals surface area (Å²) in [6.07, 6.45) is 6.29. The van der Waals surface area contributed by atoms with Crippen LogP contribution >= 0.6 is 0 Å². The first-order valence-corrected chi connectivity index (χ1v) is 7.65. The van der Waals surface area contributed by atoms with Crippen molar-refractivity contribution in [1.82, 2.24) is 15.5 Å². The summed E-state index contributed by atoms with van der Waals surface area (Å²) in [7, 11) is 0. The van der Waals surface area contributed by atoms with E-state index < -0.39 is 0 Å². The summed E-state index contributed by atoms with van der Waals surface area (Å²) < 4.78 is 0. The zero-order valence-corrected chi connectivity index (χ0v) is 12.4. The Bertz CT molecular complexity index is 456. The number of nitrogens with zero attached hydrogens (tertiary/aromatic N) is 1. The third kappa shape index (κ3) is 3.20. The fourth-order valence-corrected chi connectivity index (χ4v) is 2.73. The SMILES string of the molecule is CC[C@@H](C)[C@@H](CO)NC(=O)c1n[nH]c2c1CCCCC2. The lowest BCUT2D eigenvalue weighted by molar-refractivity contribution is 0.0885. The second-order valence-corrected chi connectivity index (χ2v) is 5.74. The number of aliphatic hydroxyl groups excluding tert-OH is 1. The number of nitrogens with one attached hydrogen (secondary N) is 2. The van der Waals surface area contributed by atoms with E-state index in [4.69, 9.17) is 0 Å². The molecule has 3 N–H and O–H groups in total. The van der Waals surface area contributed by atoms with Crippen LogP contribution in [0.25, 0.3) is 0 Å². The van der Waals surface area contributed by atoms with E-state index in [1.54, 1.807) is 0 Å². The van der Waals surface area contributed by atoms with E-state index in [0.717, 1.165) is 43.4 Å². The number of hydrogen-bond acceptors (Lipinski definition) is 3. The van der Waals surface area contributed by atoms with Crippen LogP contribution in [0.3, 0.4) is 0 Å². The van der Waals surface area contributed by atoms with Crippen molar-refractivity contribution in [2.75, 3.05) is 6.61 Å². The highest BCUT2D eigenvalue weighted by molar-refractivity contribution is 5.94. The summed E-state index contributed by atoms with van der Waals surface area (Å²) in [5, 5.41) is 19.5. The van der Waals surface area contributed by atoms with Crippen molar-refractivity contribution in [2.24, 2.45) is 5.92 Å². The average Bonchev–Trinajstić information content (AvgIpc) is 2.72. The van der Waals surface area contributed by atoms with E-state index in [0.29, 0.717) is 5.69 Å². The first-order valence-electron chi connectivity index (χ1n) is 7.65. The number of hydrogen-bond donors (Lipinski definition) is 3. The van der Waals surface area contributed by atoms with Crippen LogP contribution in [0, 0.1) is 5.92 Å². The second kappa shape index (κ2) is 6.88. The van der Waals surface area contributed by atoms with E-state index in [1.165, 1.54) is 6.42 Å². The average molecular weight is 279 g/mol. The molecule has 1 aliphatic rings. The molecule has 112 valence electrons. The van der Waals surface area contributed by atoms with Crippen molar-refractivity contribution in [2.45, 2.75) is 58.4 Å². The van der Waals surface area contributed by atoms with Crippen molar-refractivity contribution < 1.29 is 9.90 Å².